The summed E-state index contributed by atoms with van der Waals surface area (Å²) in [6.07, 6.45) is 5.81. The van der Waals surface area contributed by atoms with E-state index in [-0.39, 0.29) is 34.4 Å². The van der Waals surface area contributed by atoms with E-state index in [4.69, 9.17) is 19.4 Å². The molecule has 260 valence electrons. The highest BCUT2D eigenvalue weighted by molar-refractivity contribution is 6.04. The zero-order chi connectivity index (χ0) is 33.9. The van der Waals surface area contributed by atoms with Crippen LogP contribution in [0.15, 0.2) is 30.3 Å². The average molecular weight is 672 g/mol. The molecule has 1 saturated carbocycles. The van der Waals surface area contributed by atoms with Gasteiger partial charge in [-0.15, -0.1) is 0 Å². The van der Waals surface area contributed by atoms with E-state index in [1.165, 1.54) is 6.07 Å². The molecule has 10 heteroatoms. The van der Waals surface area contributed by atoms with Crippen LogP contribution in [0.4, 0.5) is 14.6 Å². The minimum Gasteiger partial charge on any atom is -0.508 e. The van der Waals surface area contributed by atoms with Gasteiger partial charge in [-0.25, -0.2) is 8.78 Å². The number of halogens is 2. The Hall–Kier alpha value is -3.60. The summed E-state index contributed by atoms with van der Waals surface area (Å²) in [6.45, 7) is 12.4. The molecule has 1 aliphatic carbocycles. The molecule has 4 heterocycles. The molecule has 4 aromatic rings. The number of anilines is 1. The van der Waals surface area contributed by atoms with Crippen molar-refractivity contribution in [3.8, 4) is 22.9 Å². The molecule has 2 unspecified atom stereocenters. The predicted molar refractivity (Wildman–Crippen MR) is 189 cm³/mol. The number of fused-ring (bicyclic) bond motifs is 4. The third-order valence-electron chi connectivity index (χ3n) is 11.2. The van der Waals surface area contributed by atoms with Crippen LogP contribution in [-0.2, 0) is 11.2 Å². The number of hydrogen-bond acceptors (Lipinski definition) is 8. The molecule has 4 aliphatic rings. The normalized spacial score (nSPS) is 22.3. The van der Waals surface area contributed by atoms with Gasteiger partial charge in [0.1, 0.15) is 22.9 Å². The van der Waals surface area contributed by atoms with E-state index >= 15 is 8.78 Å². The number of aromatic nitrogens is 2. The van der Waals surface area contributed by atoms with Gasteiger partial charge in [-0.3, -0.25) is 0 Å². The Morgan fingerprint density at radius 2 is 1.86 bits per heavy atom. The second-order valence-electron chi connectivity index (χ2n) is 15.1. The van der Waals surface area contributed by atoms with E-state index in [1.807, 2.05) is 26.8 Å². The molecular weight excluding hydrogens is 624 g/mol. The van der Waals surface area contributed by atoms with E-state index in [1.54, 1.807) is 18.2 Å². The predicted octanol–water partition coefficient (Wildman–Crippen LogP) is 6.94. The molecule has 2 N–H and O–H groups in total. The molecule has 49 heavy (non-hydrogen) atoms. The molecule has 3 aliphatic heterocycles. The topological polar surface area (TPSA) is 83.0 Å². The third kappa shape index (κ3) is 6.21. The van der Waals surface area contributed by atoms with Crippen LogP contribution >= 0.6 is 0 Å². The Labute approximate surface area is 286 Å². The minimum absolute atomic E-state index is 0.000224. The lowest BCUT2D eigenvalue weighted by molar-refractivity contribution is 0.127. The first-order valence-corrected chi connectivity index (χ1v) is 18.1. The molecule has 3 aromatic carbocycles. The first-order valence-electron chi connectivity index (χ1n) is 18.1. The maximum Gasteiger partial charge on any atom is 0.319 e. The smallest absolute Gasteiger partial charge is 0.319 e. The summed E-state index contributed by atoms with van der Waals surface area (Å²) in [7, 11) is 0. The molecule has 0 spiro atoms. The molecule has 8 nitrogen and oxygen atoms in total. The third-order valence-corrected chi connectivity index (χ3v) is 11.2. The molecule has 0 amide bonds. The van der Waals surface area contributed by atoms with Gasteiger partial charge in [0.2, 0.25) is 0 Å². The standard InChI is InChI=1S/C39H47F2N5O3/c1-4-28-32(40)9-6-24-16-27(47)17-30(33(24)28)34-29(23(2)3)18-31-36(35(34)41)43-38(44-37(31)46-19-25-7-8-26(20-46)42-25)49-22-39(10-11-39)21-45-12-5-14-48-15-13-45/h6,9,16-18,23,25-26,42,47H,4-5,7-8,10-15,19-22H2,1-3H3. The van der Waals surface area contributed by atoms with E-state index in [0.29, 0.717) is 63.8 Å². The molecule has 8 rings (SSSR count). The second kappa shape index (κ2) is 12.9. The van der Waals surface area contributed by atoms with Crippen LogP contribution in [0.1, 0.15) is 69.9 Å². The zero-order valence-electron chi connectivity index (χ0n) is 28.8. The van der Waals surface area contributed by atoms with E-state index in [0.717, 1.165) is 83.6 Å². The number of phenols is 1. The van der Waals surface area contributed by atoms with Crippen LogP contribution in [0, 0.1) is 17.0 Å². The number of benzene rings is 3. The number of rotatable bonds is 9. The van der Waals surface area contributed by atoms with Crippen molar-refractivity contribution in [2.45, 2.75) is 77.3 Å². The molecule has 4 fully saturated rings. The largest absolute Gasteiger partial charge is 0.508 e. The number of hydrogen-bond donors (Lipinski definition) is 2. The van der Waals surface area contributed by atoms with E-state index in [9.17, 15) is 5.11 Å². The number of nitrogens with one attached hydrogen (secondary N) is 1. The number of aryl methyl sites for hydroxylation is 1. The van der Waals surface area contributed by atoms with Crippen molar-refractivity contribution in [1.29, 1.82) is 0 Å². The molecular formula is C39H47F2N5O3. The first-order chi connectivity index (χ1) is 23.7. The number of nitrogens with zero attached hydrogens (tertiary/aromatic N) is 4. The summed E-state index contributed by atoms with van der Waals surface area (Å²) >= 11 is 0. The Bertz CT molecular complexity index is 1880. The van der Waals surface area contributed by atoms with Gasteiger partial charge in [0.15, 0.2) is 5.82 Å². The number of ether oxygens (including phenoxy) is 2. The summed E-state index contributed by atoms with van der Waals surface area (Å²) in [5.41, 5.74) is 2.28. The number of aromatic hydroxyl groups is 1. The van der Waals surface area contributed by atoms with Gasteiger partial charge in [-0.1, -0.05) is 26.8 Å². The van der Waals surface area contributed by atoms with Crippen LogP contribution in [0.5, 0.6) is 11.8 Å². The van der Waals surface area contributed by atoms with E-state index in [2.05, 4.69) is 15.1 Å². The summed E-state index contributed by atoms with van der Waals surface area (Å²) in [5.74, 6) is -0.227. The fraction of sp³-hybridized carbons (Fsp3) is 0.538. The van der Waals surface area contributed by atoms with Crippen molar-refractivity contribution in [3.05, 3.63) is 53.1 Å². The highest BCUT2D eigenvalue weighted by Crippen LogP contribution is 2.48. The number of phenolic OH excluding ortho intramolecular Hbond substituents is 1. The van der Waals surface area contributed by atoms with Crippen molar-refractivity contribution in [2.24, 2.45) is 5.41 Å². The van der Waals surface area contributed by atoms with Crippen LogP contribution in [-0.4, -0.2) is 84.6 Å². The fourth-order valence-corrected chi connectivity index (χ4v) is 8.43. The summed E-state index contributed by atoms with van der Waals surface area (Å²) < 4.78 is 44.9. The van der Waals surface area contributed by atoms with Gasteiger partial charge in [0, 0.05) is 67.8 Å². The van der Waals surface area contributed by atoms with Crippen molar-refractivity contribution < 1.29 is 23.4 Å². The highest BCUT2D eigenvalue weighted by Gasteiger charge is 2.45. The zero-order valence-corrected chi connectivity index (χ0v) is 28.8. The van der Waals surface area contributed by atoms with Gasteiger partial charge >= 0.3 is 6.01 Å². The van der Waals surface area contributed by atoms with Gasteiger partial charge in [0.25, 0.3) is 0 Å². The Morgan fingerprint density at radius 3 is 2.59 bits per heavy atom. The monoisotopic (exact) mass is 671 g/mol. The van der Waals surface area contributed by atoms with Crippen molar-refractivity contribution >= 4 is 27.5 Å². The summed E-state index contributed by atoms with van der Waals surface area (Å²) in [6, 6.07) is 9.16. The second-order valence-corrected chi connectivity index (χ2v) is 15.1. The summed E-state index contributed by atoms with van der Waals surface area (Å²) in [4.78, 5) is 14.6. The average Bonchev–Trinajstić information content (AvgIpc) is 3.84. The van der Waals surface area contributed by atoms with Crippen molar-refractivity contribution in [2.75, 3.05) is 57.4 Å². The maximum absolute atomic E-state index is 17.5. The maximum atomic E-state index is 17.5. The van der Waals surface area contributed by atoms with Crippen LogP contribution in [0.3, 0.4) is 0 Å². The van der Waals surface area contributed by atoms with Gasteiger partial charge in [-0.05, 0) is 96.2 Å². The number of piperazine rings is 1. The van der Waals surface area contributed by atoms with Gasteiger partial charge in [-0.2, -0.15) is 9.97 Å². The quantitative estimate of drug-likeness (QED) is 0.198. The Morgan fingerprint density at radius 1 is 1.06 bits per heavy atom. The molecule has 3 saturated heterocycles. The van der Waals surface area contributed by atoms with Gasteiger partial charge < -0.3 is 29.7 Å². The Kier molecular flexibility index (Phi) is 8.61. The fourth-order valence-electron chi connectivity index (χ4n) is 8.43. The lowest BCUT2D eigenvalue weighted by Crippen LogP contribution is -2.51. The lowest BCUT2D eigenvalue weighted by Gasteiger charge is -2.34. The molecule has 2 atom stereocenters. The summed E-state index contributed by atoms with van der Waals surface area (Å²) in [5, 5.41) is 16.5. The lowest BCUT2D eigenvalue weighted by atomic mass is 9.86. The first kappa shape index (κ1) is 32.6. The minimum atomic E-state index is -0.503. The van der Waals surface area contributed by atoms with Crippen LogP contribution in [0.2, 0.25) is 0 Å². The molecule has 0 radical (unpaired) electrons. The van der Waals surface area contributed by atoms with Gasteiger partial charge in [0.05, 0.1) is 13.2 Å². The van der Waals surface area contributed by atoms with Crippen molar-refractivity contribution in [3.63, 3.8) is 0 Å². The molecule has 1 aromatic heterocycles. The van der Waals surface area contributed by atoms with Crippen LogP contribution in [0.25, 0.3) is 32.8 Å². The highest BCUT2D eigenvalue weighted by atomic mass is 19.1. The molecule has 2 bridgehead atoms. The van der Waals surface area contributed by atoms with Crippen LogP contribution < -0.4 is 15.0 Å². The van der Waals surface area contributed by atoms with Crippen molar-refractivity contribution in [1.82, 2.24) is 20.2 Å². The van der Waals surface area contributed by atoms with E-state index < -0.39 is 5.82 Å². The Balaban J connectivity index is 1.27. The SMILES string of the molecule is CCc1c(F)ccc2cc(O)cc(-c3c(C(C)C)cc4c(N5CC6CCC(C5)N6)nc(OCC5(CN6CCCOCC6)CC5)nc4c3F)c12.